The van der Waals surface area contributed by atoms with Gasteiger partial charge in [-0.1, -0.05) is 12.1 Å². The van der Waals surface area contributed by atoms with E-state index in [1.165, 1.54) is 6.33 Å². The van der Waals surface area contributed by atoms with Crippen LogP contribution in [0.15, 0.2) is 30.6 Å². The first-order valence-electron chi connectivity index (χ1n) is 7.14. The maximum atomic E-state index is 6.13. The van der Waals surface area contributed by atoms with Gasteiger partial charge in [-0.15, -0.1) is 0 Å². The van der Waals surface area contributed by atoms with Gasteiger partial charge in [0.15, 0.2) is 11.6 Å². The van der Waals surface area contributed by atoms with Gasteiger partial charge in [-0.2, -0.15) is 0 Å². The number of anilines is 3. The molecule has 1 aromatic carbocycles. The Morgan fingerprint density at radius 2 is 1.73 bits per heavy atom. The van der Waals surface area contributed by atoms with Gasteiger partial charge in [0.2, 0.25) is 0 Å². The lowest BCUT2D eigenvalue weighted by Crippen LogP contribution is -2.27. The summed E-state index contributed by atoms with van der Waals surface area (Å²) in [5.74, 6) is 2.10. The largest absolute Gasteiger partial charge is 0.497 e. The van der Waals surface area contributed by atoms with Crippen LogP contribution in [0.25, 0.3) is 0 Å². The van der Waals surface area contributed by atoms with E-state index in [-0.39, 0.29) is 5.54 Å². The van der Waals surface area contributed by atoms with Crippen molar-refractivity contribution in [2.24, 2.45) is 0 Å². The Labute approximate surface area is 131 Å². The summed E-state index contributed by atoms with van der Waals surface area (Å²) in [5.41, 5.74) is 7.65. The molecule has 0 saturated heterocycles. The summed E-state index contributed by atoms with van der Waals surface area (Å²) in [6.07, 6.45) is 1.50. The zero-order chi connectivity index (χ0) is 16.2. The van der Waals surface area contributed by atoms with Crippen LogP contribution in [0, 0.1) is 0 Å². The van der Waals surface area contributed by atoms with Gasteiger partial charge in [0.25, 0.3) is 0 Å². The van der Waals surface area contributed by atoms with Crippen LogP contribution in [0.4, 0.5) is 17.3 Å². The number of hydrogen-bond donors (Lipinski definition) is 3. The zero-order valence-corrected chi connectivity index (χ0v) is 13.5. The van der Waals surface area contributed by atoms with Crippen LogP contribution >= 0.6 is 0 Å². The lowest BCUT2D eigenvalue weighted by atomic mass is 10.1. The molecule has 0 radical (unpaired) electrons. The van der Waals surface area contributed by atoms with E-state index < -0.39 is 0 Å². The summed E-state index contributed by atoms with van der Waals surface area (Å²) in [6.45, 7) is 6.79. The molecular weight excluding hydrogens is 278 g/mol. The van der Waals surface area contributed by atoms with Crippen LogP contribution in [0.3, 0.4) is 0 Å². The summed E-state index contributed by atoms with van der Waals surface area (Å²) >= 11 is 0. The number of nitrogens with two attached hydrogens (primary N) is 1. The number of nitrogens with one attached hydrogen (secondary N) is 2. The van der Waals surface area contributed by atoms with Crippen LogP contribution < -0.4 is 21.1 Å². The summed E-state index contributed by atoms with van der Waals surface area (Å²) in [6, 6.07) is 7.84. The number of aromatic nitrogens is 2. The fourth-order valence-electron chi connectivity index (χ4n) is 1.92. The van der Waals surface area contributed by atoms with Gasteiger partial charge in [-0.3, -0.25) is 0 Å². The van der Waals surface area contributed by atoms with Crippen LogP contribution in [0.2, 0.25) is 0 Å². The van der Waals surface area contributed by atoms with Gasteiger partial charge in [0, 0.05) is 12.1 Å². The molecule has 6 heteroatoms. The quantitative estimate of drug-likeness (QED) is 0.787. The summed E-state index contributed by atoms with van der Waals surface area (Å²) in [4.78, 5) is 8.40. The second-order valence-electron chi connectivity index (χ2n) is 6.06. The van der Waals surface area contributed by atoms with Crippen LogP contribution in [-0.4, -0.2) is 22.6 Å². The molecule has 0 aliphatic heterocycles. The van der Waals surface area contributed by atoms with Crippen molar-refractivity contribution < 1.29 is 4.74 Å². The Morgan fingerprint density at radius 1 is 1.09 bits per heavy atom. The van der Waals surface area contributed by atoms with E-state index in [0.717, 1.165) is 11.3 Å². The molecule has 0 spiro atoms. The monoisotopic (exact) mass is 301 g/mol. The van der Waals surface area contributed by atoms with Crippen LogP contribution in [0.5, 0.6) is 5.75 Å². The number of rotatable bonds is 5. The summed E-state index contributed by atoms with van der Waals surface area (Å²) in [5, 5.41) is 6.51. The van der Waals surface area contributed by atoms with Crippen molar-refractivity contribution in [1.29, 1.82) is 0 Å². The minimum absolute atomic E-state index is 0.115. The highest BCUT2D eigenvalue weighted by atomic mass is 16.5. The first kappa shape index (κ1) is 15.9. The molecule has 22 heavy (non-hydrogen) atoms. The third-order valence-corrected chi connectivity index (χ3v) is 3.00. The molecular formula is C16H23N5O. The van der Waals surface area contributed by atoms with Crippen molar-refractivity contribution in [2.75, 3.05) is 23.5 Å². The second kappa shape index (κ2) is 6.51. The standard InChI is InChI=1S/C16H23N5O/c1-16(2,3)21-15-13(17)14(19-10-20-15)18-9-11-5-7-12(22-4)8-6-11/h5-8,10H,9,17H2,1-4H3,(H2,18,19,20,21). The highest BCUT2D eigenvalue weighted by molar-refractivity contribution is 5.74. The average molecular weight is 301 g/mol. The van der Waals surface area contributed by atoms with Crippen molar-refractivity contribution in [3.63, 3.8) is 0 Å². The van der Waals surface area contributed by atoms with Crippen molar-refractivity contribution in [3.05, 3.63) is 36.2 Å². The molecule has 0 fully saturated rings. The van der Waals surface area contributed by atoms with E-state index in [0.29, 0.717) is 23.9 Å². The molecule has 0 amide bonds. The molecule has 2 rings (SSSR count). The molecule has 1 heterocycles. The Morgan fingerprint density at radius 3 is 2.32 bits per heavy atom. The van der Waals surface area contributed by atoms with Gasteiger partial charge in [-0.25, -0.2) is 9.97 Å². The highest BCUT2D eigenvalue weighted by Gasteiger charge is 2.14. The fraction of sp³-hybridized carbons (Fsp3) is 0.375. The van der Waals surface area contributed by atoms with E-state index in [1.54, 1.807) is 7.11 Å². The number of ether oxygens (including phenoxy) is 1. The van der Waals surface area contributed by atoms with E-state index in [4.69, 9.17) is 10.5 Å². The summed E-state index contributed by atoms with van der Waals surface area (Å²) < 4.78 is 5.14. The number of benzene rings is 1. The lowest BCUT2D eigenvalue weighted by Gasteiger charge is -2.22. The van der Waals surface area contributed by atoms with Gasteiger partial charge in [-0.05, 0) is 38.5 Å². The smallest absolute Gasteiger partial charge is 0.155 e. The maximum absolute atomic E-state index is 6.13. The molecule has 2 aromatic rings. The highest BCUT2D eigenvalue weighted by Crippen LogP contribution is 2.25. The molecule has 4 N–H and O–H groups in total. The molecule has 6 nitrogen and oxygen atoms in total. The van der Waals surface area contributed by atoms with Crippen LogP contribution in [-0.2, 0) is 6.54 Å². The van der Waals surface area contributed by atoms with E-state index >= 15 is 0 Å². The fourth-order valence-corrected chi connectivity index (χ4v) is 1.92. The Hall–Kier alpha value is -2.50. The molecule has 0 aliphatic carbocycles. The zero-order valence-electron chi connectivity index (χ0n) is 13.5. The van der Waals surface area contributed by atoms with Gasteiger partial charge < -0.3 is 21.1 Å². The van der Waals surface area contributed by atoms with Gasteiger partial charge >= 0.3 is 0 Å². The van der Waals surface area contributed by atoms with E-state index in [1.807, 2.05) is 24.3 Å². The molecule has 118 valence electrons. The van der Waals surface area contributed by atoms with Crippen molar-refractivity contribution in [3.8, 4) is 5.75 Å². The maximum Gasteiger partial charge on any atom is 0.155 e. The first-order chi connectivity index (χ1) is 10.4. The SMILES string of the molecule is COc1ccc(CNc2ncnc(NC(C)(C)C)c2N)cc1. The number of nitrogen functional groups attached to an aromatic ring is 1. The molecule has 0 aliphatic rings. The number of methoxy groups -OCH3 is 1. The normalized spacial score (nSPS) is 11.1. The van der Waals surface area contributed by atoms with E-state index in [9.17, 15) is 0 Å². The number of nitrogens with zero attached hydrogens (tertiary/aromatic N) is 2. The minimum Gasteiger partial charge on any atom is -0.497 e. The van der Waals surface area contributed by atoms with E-state index in [2.05, 4.69) is 41.4 Å². The predicted octanol–water partition coefficient (Wildman–Crippen LogP) is 2.89. The molecule has 1 aromatic heterocycles. The lowest BCUT2D eigenvalue weighted by molar-refractivity contribution is 0.414. The van der Waals surface area contributed by atoms with Crippen molar-refractivity contribution in [2.45, 2.75) is 32.9 Å². The third-order valence-electron chi connectivity index (χ3n) is 3.00. The Kier molecular flexibility index (Phi) is 4.70. The second-order valence-corrected chi connectivity index (χ2v) is 6.06. The Balaban J connectivity index is 2.07. The first-order valence-corrected chi connectivity index (χ1v) is 7.14. The van der Waals surface area contributed by atoms with Crippen LogP contribution in [0.1, 0.15) is 26.3 Å². The molecule has 0 bridgehead atoms. The van der Waals surface area contributed by atoms with Crippen molar-refractivity contribution in [1.82, 2.24) is 9.97 Å². The van der Waals surface area contributed by atoms with Crippen molar-refractivity contribution >= 4 is 17.3 Å². The molecule has 0 saturated carbocycles. The molecule has 0 unspecified atom stereocenters. The average Bonchev–Trinajstić information content (AvgIpc) is 2.47. The van der Waals surface area contributed by atoms with Gasteiger partial charge in [0.1, 0.15) is 17.8 Å². The van der Waals surface area contributed by atoms with Gasteiger partial charge in [0.05, 0.1) is 7.11 Å². The molecule has 0 atom stereocenters. The minimum atomic E-state index is -0.115. The predicted molar refractivity (Wildman–Crippen MR) is 90.1 cm³/mol. The topological polar surface area (TPSA) is 85.1 Å². The number of hydrogen-bond acceptors (Lipinski definition) is 6. The third kappa shape index (κ3) is 4.25. The Bertz CT molecular complexity index is 619. The summed E-state index contributed by atoms with van der Waals surface area (Å²) in [7, 11) is 1.65.